The minimum Gasteiger partial charge on any atom is -0.306 e. The molecule has 3 heteroatoms. The van der Waals surface area contributed by atoms with Crippen LogP contribution in [0.2, 0.25) is 5.02 Å². The van der Waals surface area contributed by atoms with Gasteiger partial charge in [-0.1, -0.05) is 41.9 Å². The maximum Gasteiger partial charge on any atom is 0.141 e. The van der Waals surface area contributed by atoms with Gasteiger partial charge in [-0.15, -0.1) is 0 Å². The molecule has 0 aliphatic heterocycles. The van der Waals surface area contributed by atoms with Crippen molar-refractivity contribution in [3.63, 3.8) is 0 Å². The Morgan fingerprint density at radius 2 is 2.05 bits per heavy atom. The highest BCUT2D eigenvalue weighted by atomic mass is 35.5. The van der Waals surface area contributed by atoms with Crippen molar-refractivity contribution >= 4 is 11.6 Å². The second kappa shape index (κ2) is 5.32. The van der Waals surface area contributed by atoms with Crippen molar-refractivity contribution in [2.75, 3.05) is 0 Å². The fraction of sp³-hybridized carbons (Fsp3) is 0.250. The van der Waals surface area contributed by atoms with E-state index in [-0.39, 0.29) is 10.8 Å². The van der Waals surface area contributed by atoms with Gasteiger partial charge in [0, 0.05) is 12.6 Å². The SMILES string of the molecule is Fc1ccc(CNC2CCc3ccccc32)cc1Cl. The van der Waals surface area contributed by atoms with Crippen LogP contribution >= 0.6 is 11.6 Å². The summed E-state index contributed by atoms with van der Waals surface area (Å²) in [6.07, 6.45) is 2.24. The quantitative estimate of drug-likeness (QED) is 0.883. The largest absolute Gasteiger partial charge is 0.306 e. The van der Waals surface area contributed by atoms with Crippen LogP contribution in [-0.2, 0) is 13.0 Å². The van der Waals surface area contributed by atoms with Crippen molar-refractivity contribution in [1.29, 1.82) is 0 Å². The summed E-state index contributed by atoms with van der Waals surface area (Å²) in [6, 6.07) is 13.8. The van der Waals surface area contributed by atoms with E-state index in [4.69, 9.17) is 11.6 Å². The van der Waals surface area contributed by atoms with Gasteiger partial charge in [0.05, 0.1) is 5.02 Å². The Morgan fingerprint density at radius 1 is 1.21 bits per heavy atom. The van der Waals surface area contributed by atoms with Gasteiger partial charge in [-0.2, -0.15) is 0 Å². The predicted molar refractivity (Wildman–Crippen MR) is 75.8 cm³/mol. The average Bonchev–Trinajstić information content (AvgIpc) is 2.83. The third kappa shape index (κ3) is 2.65. The van der Waals surface area contributed by atoms with Crippen molar-refractivity contribution < 1.29 is 4.39 Å². The molecule has 0 saturated carbocycles. The highest BCUT2D eigenvalue weighted by Gasteiger charge is 2.20. The van der Waals surface area contributed by atoms with Gasteiger partial charge in [-0.3, -0.25) is 0 Å². The number of fused-ring (bicyclic) bond motifs is 1. The van der Waals surface area contributed by atoms with Crippen LogP contribution in [0.4, 0.5) is 4.39 Å². The van der Waals surface area contributed by atoms with E-state index in [1.54, 1.807) is 12.1 Å². The molecule has 98 valence electrons. The Balaban J connectivity index is 1.69. The summed E-state index contributed by atoms with van der Waals surface area (Å²) in [7, 11) is 0. The van der Waals surface area contributed by atoms with E-state index < -0.39 is 0 Å². The van der Waals surface area contributed by atoms with Gasteiger partial charge >= 0.3 is 0 Å². The number of nitrogens with one attached hydrogen (secondary N) is 1. The minimum atomic E-state index is -0.364. The summed E-state index contributed by atoms with van der Waals surface area (Å²) in [5, 5.41) is 3.71. The molecule has 2 aromatic carbocycles. The zero-order valence-corrected chi connectivity index (χ0v) is 11.3. The summed E-state index contributed by atoms with van der Waals surface area (Å²) in [4.78, 5) is 0. The molecule has 0 aromatic heterocycles. The lowest BCUT2D eigenvalue weighted by Crippen LogP contribution is -2.18. The van der Waals surface area contributed by atoms with Crippen molar-refractivity contribution in [2.45, 2.75) is 25.4 Å². The molecule has 19 heavy (non-hydrogen) atoms. The zero-order chi connectivity index (χ0) is 13.2. The normalized spacial score (nSPS) is 17.5. The molecule has 1 aliphatic rings. The van der Waals surface area contributed by atoms with Crippen LogP contribution < -0.4 is 5.32 Å². The molecule has 0 fully saturated rings. The number of hydrogen-bond donors (Lipinski definition) is 1. The minimum absolute atomic E-state index is 0.186. The second-order valence-electron chi connectivity index (χ2n) is 4.92. The summed E-state index contributed by atoms with van der Waals surface area (Å²) in [6.45, 7) is 0.707. The van der Waals surface area contributed by atoms with E-state index in [1.165, 1.54) is 17.2 Å². The van der Waals surface area contributed by atoms with Crippen LogP contribution in [0, 0.1) is 5.82 Å². The Labute approximate surface area is 117 Å². The van der Waals surface area contributed by atoms with Crippen LogP contribution in [-0.4, -0.2) is 0 Å². The Hall–Kier alpha value is -1.38. The molecule has 0 spiro atoms. The highest BCUT2D eigenvalue weighted by molar-refractivity contribution is 6.30. The first-order valence-corrected chi connectivity index (χ1v) is 6.87. The first-order chi connectivity index (χ1) is 9.24. The summed E-state index contributed by atoms with van der Waals surface area (Å²) >= 11 is 5.79. The first-order valence-electron chi connectivity index (χ1n) is 6.49. The zero-order valence-electron chi connectivity index (χ0n) is 10.5. The predicted octanol–water partition coefficient (Wildman–Crippen LogP) is 4.26. The van der Waals surface area contributed by atoms with Gasteiger partial charge in [0.15, 0.2) is 0 Å². The fourth-order valence-corrected chi connectivity index (χ4v) is 2.86. The first kappa shape index (κ1) is 12.6. The number of benzene rings is 2. The third-order valence-electron chi connectivity index (χ3n) is 3.67. The third-order valence-corrected chi connectivity index (χ3v) is 3.96. The van der Waals surface area contributed by atoms with E-state index in [0.717, 1.165) is 18.4 Å². The summed E-state index contributed by atoms with van der Waals surface area (Å²) in [5.41, 5.74) is 3.82. The van der Waals surface area contributed by atoms with Gasteiger partial charge in [0.25, 0.3) is 0 Å². The number of halogens is 2. The molecule has 1 unspecified atom stereocenters. The molecule has 2 aromatic rings. The smallest absolute Gasteiger partial charge is 0.141 e. The van der Waals surface area contributed by atoms with Crippen molar-refractivity contribution in [1.82, 2.24) is 5.32 Å². The molecule has 0 heterocycles. The van der Waals surface area contributed by atoms with Crippen LogP contribution in [0.3, 0.4) is 0 Å². The topological polar surface area (TPSA) is 12.0 Å². The maximum atomic E-state index is 13.1. The van der Waals surface area contributed by atoms with Crippen molar-refractivity contribution in [3.05, 3.63) is 70.0 Å². The molecule has 3 rings (SSSR count). The monoisotopic (exact) mass is 275 g/mol. The molecule has 0 amide bonds. The van der Waals surface area contributed by atoms with E-state index in [2.05, 4.69) is 29.6 Å². The maximum absolute atomic E-state index is 13.1. The number of rotatable bonds is 3. The van der Waals surface area contributed by atoms with E-state index in [1.807, 2.05) is 0 Å². The lowest BCUT2D eigenvalue weighted by Gasteiger charge is -2.14. The van der Waals surface area contributed by atoms with Gasteiger partial charge in [0.1, 0.15) is 5.82 Å². The van der Waals surface area contributed by atoms with E-state index in [0.29, 0.717) is 12.6 Å². The molecule has 1 N–H and O–H groups in total. The molecule has 0 radical (unpaired) electrons. The van der Waals surface area contributed by atoms with Gasteiger partial charge < -0.3 is 5.32 Å². The molecule has 0 saturated heterocycles. The molecule has 0 bridgehead atoms. The Bertz CT molecular complexity index is 597. The lowest BCUT2D eigenvalue weighted by atomic mass is 10.1. The van der Waals surface area contributed by atoms with Crippen LogP contribution in [0.15, 0.2) is 42.5 Å². The Morgan fingerprint density at radius 3 is 2.89 bits per heavy atom. The fourth-order valence-electron chi connectivity index (χ4n) is 2.66. The van der Waals surface area contributed by atoms with Gasteiger partial charge in [-0.05, 0) is 41.7 Å². The lowest BCUT2D eigenvalue weighted by molar-refractivity contribution is 0.529. The summed E-state index contributed by atoms with van der Waals surface area (Å²) < 4.78 is 13.1. The average molecular weight is 276 g/mol. The molecular formula is C16H15ClFN. The van der Waals surface area contributed by atoms with E-state index in [9.17, 15) is 4.39 Å². The van der Waals surface area contributed by atoms with Gasteiger partial charge in [0.2, 0.25) is 0 Å². The van der Waals surface area contributed by atoms with Crippen LogP contribution in [0.25, 0.3) is 0 Å². The number of hydrogen-bond acceptors (Lipinski definition) is 1. The Kier molecular flexibility index (Phi) is 3.54. The van der Waals surface area contributed by atoms with E-state index >= 15 is 0 Å². The second-order valence-corrected chi connectivity index (χ2v) is 5.33. The number of aryl methyl sites for hydroxylation is 1. The van der Waals surface area contributed by atoms with Crippen LogP contribution in [0.5, 0.6) is 0 Å². The highest BCUT2D eigenvalue weighted by Crippen LogP contribution is 2.31. The molecular weight excluding hydrogens is 261 g/mol. The molecule has 1 nitrogen and oxygen atoms in total. The molecule has 1 atom stereocenters. The standard InChI is InChI=1S/C16H15ClFN/c17-14-9-11(5-7-15(14)18)10-19-16-8-6-12-3-1-2-4-13(12)16/h1-5,7,9,16,19H,6,8,10H2. The van der Waals surface area contributed by atoms with Crippen molar-refractivity contribution in [3.8, 4) is 0 Å². The van der Waals surface area contributed by atoms with Crippen molar-refractivity contribution in [2.24, 2.45) is 0 Å². The van der Waals surface area contributed by atoms with Gasteiger partial charge in [-0.25, -0.2) is 4.39 Å². The molecule has 1 aliphatic carbocycles. The van der Waals surface area contributed by atoms with Crippen LogP contribution in [0.1, 0.15) is 29.2 Å². The summed E-state index contributed by atoms with van der Waals surface area (Å²) in [5.74, 6) is -0.364.